The van der Waals surface area contributed by atoms with E-state index in [1.807, 2.05) is 6.26 Å². The van der Waals surface area contributed by atoms with E-state index in [2.05, 4.69) is 30.2 Å². The molecule has 0 aromatic carbocycles. The Morgan fingerprint density at radius 3 is 2.52 bits per heavy atom. The molecule has 1 saturated heterocycles. The van der Waals surface area contributed by atoms with Crippen molar-refractivity contribution in [1.29, 1.82) is 0 Å². The molecule has 0 aromatic heterocycles. The van der Waals surface area contributed by atoms with E-state index in [0.717, 1.165) is 24.6 Å². The maximum Gasteiger partial charge on any atom is 0.446 e. The lowest BCUT2D eigenvalue weighted by atomic mass is 9.91. The molecule has 0 spiro atoms. The van der Waals surface area contributed by atoms with E-state index in [0.29, 0.717) is 13.2 Å². The summed E-state index contributed by atoms with van der Waals surface area (Å²) in [4.78, 5) is 17.0. The van der Waals surface area contributed by atoms with Crippen molar-refractivity contribution >= 4 is 35.7 Å². The van der Waals surface area contributed by atoms with E-state index in [1.54, 1.807) is 18.8 Å². The van der Waals surface area contributed by atoms with Crippen molar-refractivity contribution in [3.8, 4) is 0 Å². The molecule has 0 aromatic rings. The molecule has 0 aliphatic carbocycles. The molecule has 1 aliphatic rings. The summed E-state index contributed by atoms with van der Waals surface area (Å²) in [6, 6.07) is 0. The van der Waals surface area contributed by atoms with Gasteiger partial charge in [0.25, 0.3) is 0 Å². The molecule has 0 atom stereocenters. The van der Waals surface area contributed by atoms with Crippen LogP contribution in [0.1, 0.15) is 20.8 Å². The number of hydrogen-bond acceptors (Lipinski definition) is 7. The molecule has 0 bridgehead atoms. The molecular weight excluding hydrogens is 310 g/mol. The van der Waals surface area contributed by atoms with Crippen LogP contribution in [0.5, 0.6) is 0 Å². The second kappa shape index (κ2) is 8.87. The molecule has 6 nitrogen and oxygen atoms in total. The van der Waals surface area contributed by atoms with Crippen molar-refractivity contribution in [3.05, 3.63) is 0 Å². The minimum absolute atomic E-state index is 0.112. The lowest BCUT2D eigenvalue weighted by Gasteiger charge is -2.28. The van der Waals surface area contributed by atoms with Crippen LogP contribution in [0.4, 0.5) is 4.79 Å². The smallest absolute Gasteiger partial charge is 0.379 e. The number of ether oxygens (including phenoxy) is 1. The van der Waals surface area contributed by atoms with Gasteiger partial charge in [-0.15, -0.1) is 0 Å². The number of amides is 1. The average molecular weight is 335 g/mol. The molecule has 1 fully saturated rings. The third-order valence-electron chi connectivity index (χ3n) is 2.85. The van der Waals surface area contributed by atoms with Gasteiger partial charge in [0.2, 0.25) is 0 Å². The maximum absolute atomic E-state index is 12.0. The van der Waals surface area contributed by atoms with Crippen molar-refractivity contribution in [2.75, 3.05) is 45.4 Å². The summed E-state index contributed by atoms with van der Waals surface area (Å²) in [6.07, 6.45) is 1.54. The molecule has 8 heteroatoms. The van der Waals surface area contributed by atoms with Crippen molar-refractivity contribution in [2.45, 2.75) is 20.8 Å². The molecule has 0 radical (unpaired) electrons. The average Bonchev–Trinajstić information content (AvgIpc) is 2.42. The topological polar surface area (TPSA) is 54.4 Å². The Bertz CT molecular complexity index is 366. The van der Waals surface area contributed by atoms with Crippen LogP contribution in [-0.2, 0) is 9.57 Å². The van der Waals surface area contributed by atoms with Gasteiger partial charge in [0.05, 0.1) is 18.9 Å². The normalized spacial score (nSPS) is 17.7. The summed E-state index contributed by atoms with van der Waals surface area (Å²) >= 11 is 3.00. The van der Waals surface area contributed by atoms with Crippen LogP contribution in [0.15, 0.2) is 5.16 Å². The van der Waals surface area contributed by atoms with Crippen LogP contribution in [0.3, 0.4) is 0 Å². The Labute approximate surface area is 135 Å². The number of carbonyl (C=O) groups is 1. The monoisotopic (exact) mass is 335 g/mol. The van der Waals surface area contributed by atoms with Crippen molar-refractivity contribution in [2.24, 2.45) is 10.6 Å². The number of hydrogen-bond donors (Lipinski definition) is 0. The number of oxime groups is 1. The highest BCUT2D eigenvalue weighted by molar-refractivity contribution is 7.99. The highest BCUT2D eigenvalue weighted by Gasteiger charge is 2.22. The van der Waals surface area contributed by atoms with E-state index in [9.17, 15) is 4.79 Å². The Kier molecular flexibility index (Phi) is 7.86. The number of rotatable bonds is 5. The molecule has 21 heavy (non-hydrogen) atoms. The Morgan fingerprint density at radius 2 is 2.00 bits per heavy atom. The SMILES string of the molecule is CSCC(=NOC(=O)N(C)SN1CCOCC1)C(C)(C)C. The van der Waals surface area contributed by atoms with Gasteiger partial charge >= 0.3 is 6.09 Å². The van der Waals surface area contributed by atoms with Crippen molar-refractivity contribution in [1.82, 2.24) is 8.61 Å². The largest absolute Gasteiger partial charge is 0.446 e. The quantitative estimate of drug-likeness (QED) is 0.333. The third kappa shape index (κ3) is 6.90. The van der Waals surface area contributed by atoms with Crippen LogP contribution in [0.2, 0.25) is 0 Å². The summed E-state index contributed by atoms with van der Waals surface area (Å²) < 4.78 is 8.79. The standard InChI is InChI=1S/C13H25N3O3S2/c1-13(2,3)11(10-20-5)14-19-12(17)15(4)21-16-6-8-18-9-7-16/h6-10H2,1-5H3. The van der Waals surface area contributed by atoms with Gasteiger partial charge in [-0.1, -0.05) is 25.9 Å². The van der Waals surface area contributed by atoms with Crippen molar-refractivity contribution in [3.63, 3.8) is 0 Å². The fourth-order valence-electron chi connectivity index (χ4n) is 1.50. The fraction of sp³-hybridized carbons (Fsp3) is 0.846. The van der Waals surface area contributed by atoms with Gasteiger partial charge in [-0.3, -0.25) is 4.84 Å². The second-order valence-electron chi connectivity index (χ2n) is 5.70. The first-order valence-electron chi connectivity index (χ1n) is 6.86. The lowest BCUT2D eigenvalue weighted by Crippen LogP contribution is -2.35. The molecule has 1 amide bonds. The van der Waals surface area contributed by atoms with Crippen LogP contribution in [0.25, 0.3) is 0 Å². The summed E-state index contributed by atoms with van der Waals surface area (Å²) in [6.45, 7) is 9.15. The van der Waals surface area contributed by atoms with Gasteiger partial charge in [0.15, 0.2) is 0 Å². The fourth-order valence-corrected chi connectivity index (χ4v) is 3.02. The summed E-state index contributed by atoms with van der Waals surface area (Å²) in [7, 11) is 1.68. The highest BCUT2D eigenvalue weighted by Crippen LogP contribution is 2.20. The molecule has 1 aliphatic heterocycles. The maximum atomic E-state index is 12.0. The molecule has 1 rings (SSSR count). The van der Waals surface area contributed by atoms with E-state index in [1.165, 1.54) is 16.4 Å². The summed E-state index contributed by atoms with van der Waals surface area (Å²) in [5, 5.41) is 4.05. The lowest BCUT2D eigenvalue weighted by molar-refractivity contribution is 0.0753. The number of nitrogens with zero attached hydrogens (tertiary/aromatic N) is 3. The van der Waals surface area contributed by atoms with Gasteiger partial charge in [-0.2, -0.15) is 11.8 Å². The van der Waals surface area contributed by atoms with E-state index >= 15 is 0 Å². The first kappa shape index (κ1) is 18.6. The van der Waals surface area contributed by atoms with Gasteiger partial charge in [-0.25, -0.2) is 13.4 Å². The van der Waals surface area contributed by atoms with Crippen LogP contribution in [-0.4, -0.2) is 65.8 Å². The first-order chi connectivity index (χ1) is 9.84. The van der Waals surface area contributed by atoms with E-state index in [-0.39, 0.29) is 5.41 Å². The molecule has 0 saturated carbocycles. The molecule has 0 N–H and O–H groups in total. The predicted molar refractivity (Wildman–Crippen MR) is 89.5 cm³/mol. The number of carbonyl (C=O) groups excluding carboxylic acids is 1. The minimum Gasteiger partial charge on any atom is -0.379 e. The Morgan fingerprint density at radius 1 is 1.38 bits per heavy atom. The van der Waals surface area contributed by atoms with Gasteiger partial charge in [-0.05, 0) is 6.26 Å². The van der Waals surface area contributed by atoms with Crippen LogP contribution < -0.4 is 0 Å². The van der Waals surface area contributed by atoms with Crippen LogP contribution >= 0.6 is 23.9 Å². The first-order valence-corrected chi connectivity index (χ1v) is 8.98. The molecule has 0 unspecified atom stereocenters. The number of thioether (sulfide) groups is 1. The third-order valence-corrected chi connectivity index (χ3v) is 4.40. The molecule has 1 heterocycles. The molecule has 122 valence electrons. The molecular formula is C13H25N3O3S2. The van der Waals surface area contributed by atoms with Gasteiger partial charge in [0, 0.05) is 43.4 Å². The zero-order valence-corrected chi connectivity index (χ0v) is 15.1. The highest BCUT2D eigenvalue weighted by atomic mass is 32.2. The van der Waals surface area contributed by atoms with Gasteiger partial charge < -0.3 is 4.74 Å². The van der Waals surface area contributed by atoms with E-state index < -0.39 is 6.09 Å². The zero-order valence-electron chi connectivity index (χ0n) is 13.4. The summed E-state index contributed by atoms with van der Waals surface area (Å²) in [5.74, 6) is 0.747. The van der Waals surface area contributed by atoms with Crippen molar-refractivity contribution < 1.29 is 14.4 Å². The predicted octanol–water partition coefficient (Wildman–Crippen LogP) is 2.72. The Hall–Kier alpha value is -0.440. The zero-order chi connectivity index (χ0) is 15.9. The Balaban J connectivity index is 2.49. The number of morpholine rings is 1. The van der Waals surface area contributed by atoms with Gasteiger partial charge in [0.1, 0.15) is 0 Å². The summed E-state index contributed by atoms with van der Waals surface area (Å²) in [5.41, 5.74) is 0.757. The second-order valence-corrected chi connectivity index (χ2v) is 7.79. The van der Waals surface area contributed by atoms with Crippen LogP contribution in [0, 0.1) is 5.41 Å². The minimum atomic E-state index is -0.464. The van der Waals surface area contributed by atoms with E-state index in [4.69, 9.17) is 9.57 Å².